The van der Waals surface area contributed by atoms with E-state index in [2.05, 4.69) is 5.32 Å². The Labute approximate surface area is 127 Å². The molecule has 1 fully saturated rings. The van der Waals surface area contributed by atoms with Gasteiger partial charge in [-0.1, -0.05) is 12.1 Å². The van der Waals surface area contributed by atoms with Crippen molar-refractivity contribution in [3.8, 4) is 0 Å². The van der Waals surface area contributed by atoms with Gasteiger partial charge in [0.2, 0.25) is 5.91 Å². The van der Waals surface area contributed by atoms with Crippen LogP contribution in [0.15, 0.2) is 18.2 Å². The second-order valence-electron chi connectivity index (χ2n) is 5.00. The molecule has 1 aliphatic rings. The predicted octanol–water partition coefficient (Wildman–Crippen LogP) is 1.22. The molecule has 0 saturated carbocycles. The molecule has 1 unspecified atom stereocenters. The SMILES string of the molecule is CCOC(=O)CC1C(=O)NCCN1Cc1cccc(F)c1F. The van der Waals surface area contributed by atoms with E-state index in [1.165, 1.54) is 12.1 Å². The first-order chi connectivity index (χ1) is 10.5. The van der Waals surface area contributed by atoms with E-state index in [4.69, 9.17) is 4.74 Å². The zero-order chi connectivity index (χ0) is 16.1. The van der Waals surface area contributed by atoms with Crippen molar-refractivity contribution in [3.63, 3.8) is 0 Å². The quantitative estimate of drug-likeness (QED) is 0.831. The van der Waals surface area contributed by atoms with Crippen LogP contribution in [-0.4, -0.2) is 42.5 Å². The van der Waals surface area contributed by atoms with E-state index < -0.39 is 23.6 Å². The molecule has 1 saturated heterocycles. The van der Waals surface area contributed by atoms with Gasteiger partial charge in [-0.25, -0.2) is 8.78 Å². The largest absolute Gasteiger partial charge is 0.466 e. The third kappa shape index (κ3) is 3.79. The number of carbonyl (C=O) groups is 2. The van der Waals surface area contributed by atoms with E-state index in [-0.39, 0.29) is 31.0 Å². The number of rotatable bonds is 5. The van der Waals surface area contributed by atoms with Gasteiger partial charge in [-0.3, -0.25) is 14.5 Å². The zero-order valence-corrected chi connectivity index (χ0v) is 12.3. The van der Waals surface area contributed by atoms with Crippen LogP contribution in [0.1, 0.15) is 18.9 Å². The highest BCUT2D eigenvalue weighted by molar-refractivity contribution is 5.87. The molecule has 120 valence electrons. The molecule has 1 amide bonds. The van der Waals surface area contributed by atoms with Crippen LogP contribution >= 0.6 is 0 Å². The van der Waals surface area contributed by atoms with Crippen molar-refractivity contribution in [2.24, 2.45) is 0 Å². The lowest BCUT2D eigenvalue weighted by Gasteiger charge is -2.34. The standard InChI is InChI=1S/C15H18F2N2O3/c1-2-22-13(20)8-12-15(21)18-6-7-19(12)9-10-4-3-5-11(16)14(10)17/h3-5,12H,2,6-9H2,1H3,(H,18,21). The van der Waals surface area contributed by atoms with Crippen molar-refractivity contribution in [2.45, 2.75) is 25.9 Å². The Balaban J connectivity index is 2.13. The second-order valence-corrected chi connectivity index (χ2v) is 5.00. The van der Waals surface area contributed by atoms with Gasteiger partial charge in [0.05, 0.1) is 13.0 Å². The number of nitrogens with zero attached hydrogens (tertiary/aromatic N) is 1. The molecule has 7 heteroatoms. The van der Waals surface area contributed by atoms with Gasteiger partial charge in [-0.15, -0.1) is 0 Å². The number of hydrogen-bond acceptors (Lipinski definition) is 4. The molecule has 0 radical (unpaired) electrons. The number of nitrogens with one attached hydrogen (secondary N) is 1. The molecule has 1 aromatic carbocycles. The zero-order valence-electron chi connectivity index (χ0n) is 12.3. The predicted molar refractivity (Wildman–Crippen MR) is 74.8 cm³/mol. The fourth-order valence-corrected chi connectivity index (χ4v) is 2.44. The van der Waals surface area contributed by atoms with Crippen LogP contribution in [0, 0.1) is 11.6 Å². The van der Waals surface area contributed by atoms with Crippen molar-refractivity contribution in [3.05, 3.63) is 35.4 Å². The van der Waals surface area contributed by atoms with E-state index in [0.717, 1.165) is 6.07 Å². The molecule has 1 aromatic rings. The van der Waals surface area contributed by atoms with Crippen molar-refractivity contribution < 1.29 is 23.1 Å². The average Bonchev–Trinajstić information content (AvgIpc) is 2.48. The summed E-state index contributed by atoms with van der Waals surface area (Å²) in [5.74, 6) is -2.66. The van der Waals surface area contributed by atoms with E-state index in [1.807, 2.05) is 0 Å². The third-order valence-electron chi connectivity index (χ3n) is 3.51. The molecule has 0 aliphatic carbocycles. The maximum atomic E-state index is 13.8. The topological polar surface area (TPSA) is 58.6 Å². The highest BCUT2D eigenvalue weighted by Gasteiger charge is 2.32. The Hall–Kier alpha value is -2.02. The Morgan fingerprint density at radius 2 is 2.23 bits per heavy atom. The maximum Gasteiger partial charge on any atom is 0.307 e. The Morgan fingerprint density at radius 3 is 2.95 bits per heavy atom. The first kappa shape index (κ1) is 16.4. The molecule has 0 spiro atoms. The summed E-state index contributed by atoms with van der Waals surface area (Å²) in [6.07, 6.45) is -0.114. The average molecular weight is 312 g/mol. The van der Waals surface area contributed by atoms with Crippen molar-refractivity contribution in [1.29, 1.82) is 0 Å². The third-order valence-corrected chi connectivity index (χ3v) is 3.51. The number of hydrogen-bond donors (Lipinski definition) is 1. The smallest absolute Gasteiger partial charge is 0.307 e. The van der Waals surface area contributed by atoms with E-state index in [0.29, 0.717) is 13.1 Å². The fourth-order valence-electron chi connectivity index (χ4n) is 2.44. The van der Waals surface area contributed by atoms with Crippen LogP contribution in [0.5, 0.6) is 0 Å². The second kappa shape index (κ2) is 7.31. The molecule has 1 N–H and O–H groups in total. The number of carbonyl (C=O) groups excluding carboxylic acids is 2. The van der Waals surface area contributed by atoms with Crippen molar-refractivity contribution >= 4 is 11.9 Å². The van der Waals surface area contributed by atoms with Crippen LogP contribution in [0.3, 0.4) is 0 Å². The normalized spacial score (nSPS) is 18.9. The van der Waals surface area contributed by atoms with Gasteiger partial charge < -0.3 is 10.1 Å². The Kier molecular flexibility index (Phi) is 5.43. The summed E-state index contributed by atoms with van der Waals surface area (Å²) >= 11 is 0. The van der Waals surface area contributed by atoms with Gasteiger partial charge in [0, 0.05) is 25.2 Å². The minimum atomic E-state index is -0.930. The van der Waals surface area contributed by atoms with Gasteiger partial charge in [0.1, 0.15) is 6.04 Å². The lowest BCUT2D eigenvalue weighted by atomic mass is 10.1. The number of benzene rings is 1. The molecule has 0 bridgehead atoms. The molecule has 2 rings (SSSR count). The summed E-state index contributed by atoms with van der Waals surface area (Å²) in [4.78, 5) is 25.2. The molecule has 0 aromatic heterocycles. The van der Waals surface area contributed by atoms with Gasteiger partial charge in [-0.2, -0.15) is 0 Å². The molecule has 22 heavy (non-hydrogen) atoms. The monoisotopic (exact) mass is 312 g/mol. The number of amides is 1. The van der Waals surface area contributed by atoms with Crippen LogP contribution in [0.2, 0.25) is 0 Å². The maximum absolute atomic E-state index is 13.8. The summed E-state index contributed by atoms with van der Waals surface area (Å²) in [7, 11) is 0. The van der Waals surface area contributed by atoms with Crippen molar-refractivity contribution in [2.75, 3.05) is 19.7 Å². The number of piperazine rings is 1. The van der Waals surface area contributed by atoms with Crippen LogP contribution in [0.25, 0.3) is 0 Å². The number of esters is 1. The Bertz CT molecular complexity index is 566. The highest BCUT2D eigenvalue weighted by Crippen LogP contribution is 2.18. The van der Waals surface area contributed by atoms with E-state index in [9.17, 15) is 18.4 Å². The first-order valence-corrected chi connectivity index (χ1v) is 7.13. The summed E-state index contributed by atoms with van der Waals surface area (Å²) in [5, 5.41) is 2.67. The van der Waals surface area contributed by atoms with Gasteiger partial charge >= 0.3 is 5.97 Å². The van der Waals surface area contributed by atoms with E-state index >= 15 is 0 Å². The summed E-state index contributed by atoms with van der Waals surface area (Å²) < 4.78 is 31.9. The molecular formula is C15H18F2N2O3. The summed E-state index contributed by atoms with van der Waals surface area (Å²) in [6.45, 7) is 2.81. The van der Waals surface area contributed by atoms with Gasteiger partial charge in [0.15, 0.2) is 11.6 Å². The number of halogens is 2. The van der Waals surface area contributed by atoms with Crippen LogP contribution in [-0.2, 0) is 20.9 Å². The molecule has 1 atom stereocenters. The fraction of sp³-hybridized carbons (Fsp3) is 0.467. The first-order valence-electron chi connectivity index (χ1n) is 7.13. The van der Waals surface area contributed by atoms with Crippen molar-refractivity contribution in [1.82, 2.24) is 10.2 Å². The van der Waals surface area contributed by atoms with Crippen LogP contribution in [0.4, 0.5) is 8.78 Å². The lowest BCUT2D eigenvalue weighted by Crippen LogP contribution is -2.55. The molecule has 1 heterocycles. The molecule has 5 nitrogen and oxygen atoms in total. The minimum absolute atomic E-state index is 0.0566. The lowest BCUT2D eigenvalue weighted by molar-refractivity contribution is -0.148. The summed E-state index contributed by atoms with van der Waals surface area (Å²) in [5.41, 5.74) is 0.156. The van der Waals surface area contributed by atoms with Gasteiger partial charge in [-0.05, 0) is 13.0 Å². The molecular weight excluding hydrogens is 294 g/mol. The summed E-state index contributed by atoms with van der Waals surface area (Å²) in [6, 6.07) is 3.18. The van der Waals surface area contributed by atoms with Gasteiger partial charge in [0.25, 0.3) is 0 Å². The Morgan fingerprint density at radius 1 is 1.45 bits per heavy atom. The minimum Gasteiger partial charge on any atom is -0.466 e. The van der Waals surface area contributed by atoms with Crippen LogP contribution < -0.4 is 5.32 Å². The van der Waals surface area contributed by atoms with E-state index in [1.54, 1.807) is 11.8 Å². The molecule has 1 aliphatic heterocycles. The highest BCUT2D eigenvalue weighted by atomic mass is 19.2. The number of ether oxygens (including phenoxy) is 1.